The number of furan rings is 1. The Hall–Kier alpha value is -2.97. The zero-order chi connectivity index (χ0) is 21.5. The van der Waals surface area contributed by atoms with Crippen LogP contribution in [0.5, 0.6) is 0 Å². The molecular formula is C22H20N2O4S2. The van der Waals surface area contributed by atoms with Gasteiger partial charge in [0.2, 0.25) is 0 Å². The molecule has 4 rings (SSSR count). The molecule has 0 saturated carbocycles. The van der Waals surface area contributed by atoms with Gasteiger partial charge in [-0.2, -0.15) is 0 Å². The molecule has 2 aromatic heterocycles. The van der Waals surface area contributed by atoms with Crippen LogP contribution in [0, 0.1) is 13.8 Å². The monoisotopic (exact) mass is 440 g/mol. The minimum absolute atomic E-state index is 0.00687. The number of amides is 1. The Morgan fingerprint density at radius 2 is 1.90 bits per heavy atom. The molecule has 0 N–H and O–H groups in total. The van der Waals surface area contributed by atoms with Gasteiger partial charge in [-0.25, -0.2) is 13.4 Å². The Morgan fingerprint density at radius 3 is 2.60 bits per heavy atom. The van der Waals surface area contributed by atoms with Crippen molar-refractivity contribution >= 4 is 42.4 Å². The van der Waals surface area contributed by atoms with Crippen molar-refractivity contribution in [1.29, 1.82) is 0 Å². The van der Waals surface area contributed by atoms with E-state index in [2.05, 4.69) is 0 Å². The number of nitrogens with zero attached hydrogens (tertiary/aromatic N) is 2. The summed E-state index contributed by atoms with van der Waals surface area (Å²) in [5.41, 5.74) is 3.07. The molecule has 0 atom stereocenters. The van der Waals surface area contributed by atoms with Gasteiger partial charge in [-0.1, -0.05) is 29.5 Å². The molecule has 6 nitrogen and oxygen atoms in total. The first-order valence-corrected chi connectivity index (χ1v) is 12.0. The summed E-state index contributed by atoms with van der Waals surface area (Å²) in [6.45, 7) is 4.14. The predicted octanol–water partition coefficient (Wildman–Crippen LogP) is 4.76. The van der Waals surface area contributed by atoms with Crippen LogP contribution in [0.25, 0.3) is 10.2 Å². The lowest BCUT2D eigenvalue weighted by molar-refractivity contribution is 0.0980. The van der Waals surface area contributed by atoms with E-state index in [-0.39, 0.29) is 17.0 Å². The normalized spacial score (nSPS) is 11.7. The van der Waals surface area contributed by atoms with Crippen LogP contribution in [0.15, 0.2) is 64.1 Å². The van der Waals surface area contributed by atoms with Crippen molar-refractivity contribution in [3.05, 3.63) is 77.2 Å². The second-order valence-electron chi connectivity index (χ2n) is 7.16. The van der Waals surface area contributed by atoms with Gasteiger partial charge in [0.05, 0.1) is 33.5 Å². The summed E-state index contributed by atoms with van der Waals surface area (Å²) >= 11 is 1.39. The van der Waals surface area contributed by atoms with E-state index in [0.717, 1.165) is 27.6 Å². The molecule has 0 aliphatic heterocycles. The van der Waals surface area contributed by atoms with Gasteiger partial charge in [0.15, 0.2) is 15.0 Å². The first kappa shape index (κ1) is 20.3. The summed E-state index contributed by atoms with van der Waals surface area (Å²) < 4.78 is 30.9. The van der Waals surface area contributed by atoms with Crippen LogP contribution in [0.2, 0.25) is 0 Å². The van der Waals surface area contributed by atoms with Gasteiger partial charge in [0.25, 0.3) is 5.91 Å². The largest absolute Gasteiger partial charge is 0.467 e. The number of thiazole rings is 1. The molecular weight excluding hydrogens is 420 g/mol. The van der Waals surface area contributed by atoms with Crippen molar-refractivity contribution in [3.63, 3.8) is 0 Å². The van der Waals surface area contributed by atoms with E-state index in [0.29, 0.717) is 10.9 Å². The van der Waals surface area contributed by atoms with Gasteiger partial charge >= 0.3 is 0 Å². The first-order valence-electron chi connectivity index (χ1n) is 9.25. The number of carbonyl (C=O) groups is 1. The second-order valence-corrected chi connectivity index (χ2v) is 10.2. The molecule has 2 aromatic carbocycles. The number of fused-ring (bicyclic) bond motifs is 1. The molecule has 0 radical (unpaired) electrons. The molecule has 0 fully saturated rings. The Kier molecular flexibility index (Phi) is 5.21. The molecule has 0 spiro atoms. The summed E-state index contributed by atoms with van der Waals surface area (Å²) in [4.78, 5) is 19.7. The lowest BCUT2D eigenvalue weighted by Crippen LogP contribution is -2.31. The molecule has 1 amide bonds. The van der Waals surface area contributed by atoms with Crippen molar-refractivity contribution in [1.82, 2.24) is 4.98 Å². The van der Waals surface area contributed by atoms with Crippen LogP contribution in [0.3, 0.4) is 0 Å². The molecule has 4 aromatic rings. The van der Waals surface area contributed by atoms with Gasteiger partial charge in [0.1, 0.15) is 5.76 Å². The van der Waals surface area contributed by atoms with E-state index < -0.39 is 15.7 Å². The molecule has 0 bridgehead atoms. The van der Waals surface area contributed by atoms with E-state index in [1.54, 1.807) is 24.3 Å². The number of aromatic nitrogens is 1. The minimum atomic E-state index is -3.58. The Balaban J connectivity index is 1.86. The van der Waals surface area contributed by atoms with Gasteiger partial charge in [-0.05, 0) is 55.3 Å². The number of rotatable bonds is 5. The van der Waals surface area contributed by atoms with E-state index in [9.17, 15) is 13.2 Å². The fraction of sp³-hybridized carbons (Fsp3) is 0.182. The summed E-state index contributed by atoms with van der Waals surface area (Å²) in [7, 11) is -3.58. The highest BCUT2D eigenvalue weighted by molar-refractivity contribution is 7.90. The second kappa shape index (κ2) is 7.70. The third-order valence-electron chi connectivity index (χ3n) is 4.71. The molecule has 154 valence electrons. The van der Waals surface area contributed by atoms with E-state index >= 15 is 0 Å². The number of sulfone groups is 1. The zero-order valence-corrected chi connectivity index (χ0v) is 18.4. The number of hydrogen-bond donors (Lipinski definition) is 0. The number of benzene rings is 2. The zero-order valence-electron chi connectivity index (χ0n) is 16.7. The molecule has 8 heteroatoms. The van der Waals surface area contributed by atoms with Crippen molar-refractivity contribution in [3.8, 4) is 0 Å². The molecule has 0 unspecified atom stereocenters. The maximum atomic E-state index is 13.6. The standard InChI is InChI=1S/C22H20N2O4S2/c1-14-11-15(2)20-18(12-14)29-22(23-20)24(13-16-7-6-10-28-16)21(25)17-8-4-5-9-19(17)30(3,26)27/h4-12H,13H2,1-3H3. The molecule has 30 heavy (non-hydrogen) atoms. The highest BCUT2D eigenvalue weighted by Gasteiger charge is 2.27. The number of carbonyl (C=O) groups excluding carboxylic acids is 1. The fourth-order valence-corrected chi connectivity index (χ4v) is 5.39. The Bertz CT molecular complexity index is 1340. The number of anilines is 1. The third-order valence-corrected chi connectivity index (χ3v) is 6.89. The molecule has 2 heterocycles. The smallest absolute Gasteiger partial charge is 0.261 e. The van der Waals surface area contributed by atoms with Crippen LogP contribution < -0.4 is 4.90 Å². The van der Waals surface area contributed by atoms with E-state index in [1.165, 1.54) is 34.6 Å². The van der Waals surface area contributed by atoms with Crippen LogP contribution in [0.1, 0.15) is 27.2 Å². The fourth-order valence-electron chi connectivity index (χ4n) is 3.37. The average molecular weight is 441 g/mol. The predicted molar refractivity (Wildman–Crippen MR) is 118 cm³/mol. The average Bonchev–Trinajstić information content (AvgIpc) is 3.34. The van der Waals surface area contributed by atoms with Crippen molar-refractivity contribution in [2.45, 2.75) is 25.3 Å². The summed E-state index contributed by atoms with van der Waals surface area (Å²) in [6.07, 6.45) is 2.63. The highest BCUT2D eigenvalue weighted by Crippen LogP contribution is 2.34. The van der Waals surface area contributed by atoms with E-state index in [4.69, 9.17) is 9.40 Å². The molecule has 0 saturated heterocycles. The Morgan fingerprint density at radius 1 is 1.13 bits per heavy atom. The highest BCUT2D eigenvalue weighted by atomic mass is 32.2. The van der Waals surface area contributed by atoms with Crippen LogP contribution in [0.4, 0.5) is 5.13 Å². The van der Waals surface area contributed by atoms with Gasteiger partial charge in [-0.3, -0.25) is 9.69 Å². The molecule has 0 aliphatic rings. The minimum Gasteiger partial charge on any atom is -0.467 e. The van der Waals surface area contributed by atoms with Gasteiger partial charge in [0, 0.05) is 6.26 Å². The van der Waals surface area contributed by atoms with Crippen LogP contribution in [-0.2, 0) is 16.4 Å². The van der Waals surface area contributed by atoms with Gasteiger partial charge < -0.3 is 4.42 Å². The topological polar surface area (TPSA) is 80.5 Å². The van der Waals surface area contributed by atoms with E-state index in [1.807, 2.05) is 26.0 Å². The van der Waals surface area contributed by atoms with Crippen LogP contribution >= 0.6 is 11.3 Å². The maximum Gasteiger partial charge on any atom is 0.261 e. The first-order chi connectivity index (χ1) is 14.2. The van der Waals surface area contributed by atoms with Crippen LogP contribution in [-0.4, -0.2) is 25.6 Å². The summed E-state index contributed by atoms with van der Waals surface area (Å²) in [5, 5.41) is 0.489. The lowest BCUT2D eigenvalue weighted by Gasteiger charge is -2.20. The van der Waals surface area contributed by atoms with Crippen molar-refractivity contribution < 1.29 is 17.6 Å². The van der Waals surface area contributed by atoms with Crippen molar-refractivity contribution in [2.75, 3.05) is 11.2 Å². The number of hydrogen-bond acceptors (Lipinski definition) is 6. The van der Waals surface area contributed by atoms with Crippen molar-refractivity contribution in [2.24, 2.45) is 0 Å². The summed E-state index contributed by atoms with van der Waals surface area (Å²) in [5.74, 6) is 0.133. The Labute approximate surface area is 178 Å². The SMILES string of the molecule is Cc1cc(C)c2nc(N(Cc3ccco3)C(=O)c3ccccc3S(C)(=O)=O)sc2c1. The maximum absolute atomic E-state index is 13.6. The lowest BCUT2D eigenvalue weighted by atomic mass is 10.1. The quantitative estimate of drug-likeness (QED) is 0.447. The molecule has 0 aliphatic carbocycles. The van der Waals surface area contributed by atoms with Gasteiger partial charge in [-0.15, -0.1) is 0 Å². The number of aryl methyl sites for hydroxylation is 2. The third kappa shape index (κ3) is 3.88. The summed E-state index contributed by atoms with van der Waals surface area (Å²) in [6, 6.07) is 13.8.